The minimum atomic E-state index is -0.467. The molecule has 0 aromatic carbocycles. The molecule has 0 aliphatic rings. The number of halogens is 1. The van der Waals surface area contributed by atoms with Gasteiger partial charge in [0.25, 0.3) is 0 Å². The molecule has 1 aromatic heterocycles. The number of nitrogens with one attached hydrogen (secondary N) is 1. The minimum absolute atomic E-state index is 0.0755. The predicted octanol–water partition coefficient (Wildman–Crippen LogP) is 1.36. The lowest BCUT2D eigenvalue weighted by molar-refractivity contribution is -0.119. The first kappa shape index (κ1) is 12.7. The standard InChI is InChI=1S/C10H15ClN4O/c1-5(2)9(10(12)16)15-8-4-7(11)13-6(3)14-8/h4-5,9H,1-3H3,(H2,12,16)(H,13,14,15). The average Bonchev–Trinajstić information content (AvgIpc) is 2.11. The first-order valence-electron chi connectivity index (χ1n) is 4.97. The van der Waals surface area contributed by atoms with Gasteiger partial charge in [-0.3, -0.25) is 4.79 Å². The Morgan fingerprint density at radius 2 is 2.12 bits per heavy atom. The molecule has 1 amide bonds. The molecule has 0 saturated heterocycles. The van der Waals surface area contributed by atoms with E-state index in [4.69, 9.17) is 17.3 Å². The van der Waals surface area contributed by atoms with Crippen LogP contribution in [0.2, 0.25) is 5.15 Å². The number of nitrogens with two attached hydrogens (primary N) is 1. The second-order valence-electron chi connectivity index (χ2n) is 3.89. The molecule has 5 nitrogen and oxygen atoms in total. The number of carbonyl (C=O) groups is 1. The van der Waals surface area contributed by atoms with Crippen molar-refractivity contribution in [3.05, 3.63) is 17.0 Å². The van der Waals surface area contributed by atoms with Crippen molar-refractivity contribution in [1.82, 2.24) is 9.97 Å². The summed E-state index contributed by atoms with van der Waals surface area (Å²) in [7, 11) is 0. The van der Waals surface area contributed by atoms with Gasteiger partial charge in [0, 0.05) is 6.07 Å². The molecule has 1 unspecified atom stereocenters. The molecule has 1 atom stereocenters. The number of aromatic nitrogens is 2. The molecule has 0 saturated carbocycles. The molecular formula is C10H15ClN4O. The van der Waals surface area contributed by atoms with Crippen LogP contribution in [0.5, 0.6) is 0 Å². The fraction of sp³-hybridized carbons (Fsp3) is 0.500. The smallest absolute Gasteiger partial charge is 0.240 e. The maximum atomic E-state index is 11.2. The van der Waals surface area contributed by atoms with Crippen molar-refractivity contribution in [1.29, 1.82) is 0 Å². The third-order valence-electron chi connectivity index (χ3n) is 2.08. The summed E-state index contributed by atoms with van der Waals surface area (Å²) in [6.45, 7) is 5.53. The van der Waals surface area contributed by atoms with E-state index in [1.807, 2.05) is 13.8 Å². The first-order valence-corrected chi connectivity index (χ1v) is 5.35. The summed E-state index contributed by atoms with van der Waals surface area (Å²) in [5, 5.41) is 3.28. The van der Waals surface area contributed by atoms with Crippen LogP contribution < -0.4 is 11.1 Å². The van der Waals surface area contributed by atoms with E-state index in [1.165, 1.54) is 0 Å². The molecule has 6 heteroatoms. The Kier molecular flexibility index (Phi) is 4.06. The van der Waals surface area contributed by atoms with Crippen LogP contribution in [0.25, 0.3) is 0 Å². The number of rotatable bonds is 4. The summed E-state index contributed by atoms with van der Waals surface area (Å²) in [4.78, 5) is 19.3. The summed E-state index contributed by atoms with van der Waals surface area (Å²) in [6, 6.07) is 1.10. The van der Waals surface area contributed by atoms with Gasteiger partial charge in [0.15, 0.2) is 0 Å². The van der Waals surface area contributed by atoms with Gasteiger partial charge in [-0.15, -0.1) is 0 Å². The Balaban J connectivity index is 2.89. The number of nitrogens with zero attached hydrogens (tertiary/aromatic N) is 2. The van der Waals surface area contributed by atoms with Gasteiger partial charge in [-0.1, -0.05) is 25.4 Å². The normalized spacial score (nSPS) is 12.6. The third kappa shape index (κ3) is 3.34. The van der Waals surface area contributed by atoms with E-state index in [-0.39, 0.29) is 5.92 Å². The molecule has 0 fully saturated rings. The zero-order valence-corrected chi connectivity index (χ0v) is 10.2. The summed E-state index contributed by atoms with van der Waals surface area (Å²) >= 11 is 5.79. The SMILES string of the molecule is Cc1nc(Cl)cc(NC(C(N)=O)C(C)C)n1. The molecule has 3 N–H and O–H groups in total. The minimum Gasteiger partial charge on any atom is -0.368 e. The van der Waals surface area contributed by atoms with Crippen LogP contribution in [0.15, 0.2) is 6.07 Å². The lowest BCUT2D eigenvalue weighted by Crippen LogP contribution is -2.39. The average molecular weight is 243 g/mol. The van der Waals surface area contributed by atoms with Crippen molar-refractivity contribution in [3.8, 4) is 0 Å². The van der Waals surface area contributed by atoms with Crippen molar-refractivity contribution >= 4 is 23.3 Å². The van der Waals surface area contributed by atoms with Crippen molar-refractivity contribution in [2.75, 3.05) is 5.32 Å². The van der Waals surface area contributed by atoms with Crippen LogP contribution >= 0.6 is 11.6 Å². The molecular weight excluding hydrogens is 228 g/mol. The van der Waals surface area contributed by atoms with Crippen molar-refractivity contribution in [2.24, 2.45) is 11.7 Å². The molecule has 0 aliphatic heterocycles. The summed E-state index contributed by atoms with van der Waals surface area (Å²) < 4.78 is 0. The Morgan fingerprint density at radius 3 is 2.56 bits per heavy atom. The first-order chi connectivity index (χ1) is 7.40. The van der Waals surface area contributed by atoms with E-state index in [0.717, 1.165) is 0 Å². The third-order valence-corrected chi connectivity index (χ3v) is 2.28. The van der Waals surface area contributed by atoms with Gasteiger partial charge in [-0.2, -0.15) is 0 Å². The maximum Gasteiger partial charge on any atom is 0.240 e. The highest BCUT2D eigenvalue weighted by Crippen LogP contribution is 2.14. The van der Waals surface area contributed by atoms with E-state index < -0.39 is 11.9 Å². The highest BCUT2D eigenvalue weighted by molar-refractivity contribution is 6.29. The van der Waals surface area contributed by atoms with Crippen LogP contribution in [-0.4, -0.2) is 21.9 Å². The molecule has 0 aliphatic carbocycles. The van der Waals surface area contributed by atoms with Crippen LogP contribution in [0.4, 0.5) is 5.82 Å². The molecule has 0 spiro atoms. The molecule has 1 heterocycles. The lowest BCUT2D eigenvalue weighted by Gasteiger charge is -2.19. The van der Waals surface area contributed by atoms with Crippen molar-refractivity contribution in [3.63, 3.8) is 0 Å². The van der Waals surface area contributed by atoms with Gasteiger partial charge in [0.05, 0.1) is 0 Å². The Hall–Kier alpha value is -1.36. The van der Waals surface area contributed by atoms with Crippen LogP contribution in [0.1, 0.15) is 19.7 Å². The van der Waals surface area contributed by atoms with Crippen molar-refractivity contribution < 1.29 is 4.79 Å². The molecule has 0 radical (unpaired) electrons. The number of hydrogen-bond acceptors (Lipinski definition) is 4. The Labute approximate surface area is 99.4 Å². The van der Waals surface area contributed by atoms with Gasteiger partial charge >= 0.3 is 0 Å². The van der Waals surface area contributed by atoms with Gasteiger partial charge in [0.2, 0.25) is 5.91 Å². The van der Waals surface area contributed by atoms with Gasteiger partial charge in [-0.25, -0.2) is 9.97 Å². The number of amides is 1. The van der Waals surface area contributed by atoms with E-state index in [2.05, 4.69) is 15.3 Å². The number of aryl methyl sites for hydroxylation is 1. The quantitative estimate of drug-likeness (QED) is 0.782. The largest absolute Gasteiger partial charge is 0.368 e. The Morgan fingerprint density at radius 1 is 1.50 bits per heavy atom. The number of primary amides is 1. The molecule has 1 aromatic rings. The second-order valence-corrected chi connectivity index (χ2v) is 4.28. The molecule has 0 bridgehead atoms. The van der Waals surface area contributed by atoms with Crippen LogP contribution in [0.3, 0.4) is 0 Å². The monoisotopic (exact) mass is 242 g/mol. The highest BCUT2D eigenvalue weighted by atomic mass is 35.5. The summed E-state index contributed by atoms with van der Waals surface area (Å²) in [6.07, 6.45) is 0. The summed E-state index contributed by atoms with van der Waals surface area (Å²) in [5.74, 6) is 0.714. The van der Waals surface area contributed by atoms with Gasteiger partial charge in [0.1, 0.15) is 22.8 Å². The summed E-state index contributed by atoms with van der Waals surface area (Å²) in [5.41, 5.74) is 5.28. The second kappa shape index (κ2) is 5.12. The maximum absolute atomic E-state index is 11.2. The molecule has 16 heavy (non-hydrogen) atoms. The fourth-order valence-electron chi connectivity index (χ4n) is 1.33. The predicted molar refractivity (Wildman–Crippen MR) is 63.2 cm³/mol. The number of anilines is 1. The van der Waals surface area contributed by atoms with Crippen molar-refractivity contribution in [2.45, 2.75) is 26.8 Å². The molecule has 88 valence electrons. The van der Waals surface area contributed by atoms with E-state index in [9.17, 15) is 4.79 Å². The van der Waals surface area contributed by atoms with E-state index in [0.29, 0.717) is 16.8 Å². The van der Waals surface area contributed by atoms with E-state index >= 15 is 0 Å². The molecule has 1 rings (SSSR count). The Bertz CT molecular complexity index is 374. The van der Waals surface area contributed by atoms with E-state index in [1.54, 1.807) is 13.0 Å². The topological polar surface area (TPSA) is 80.9 Å². The zero-order chi connectivity index (χ0) is 12.3. The zero-order valence-electron chi connectivity index (χ0n) is 9.49. The highest BCUT2D eigenvalue weighted by Gasteiger charge is 2.19. The number of hydrogen-bond donors (Lipinski definition) is 2. The van der Waals surface area contributed by atoms with Gasteiger partial charge in [-0.05, 0) is 12.8 Å². The van der Waals surface area contributed by atoms with Crippen LogP contribution in [0, 0.1) is 12.8 Å². The fourth-order valence-corrected chi connectivity index (χ4v) is 1.56. The number of carbonyl (C=O) groups excluding carboxylic acids is 1. The van der Waals surface area contributed by atoms with Gasteiger partial charge < -0.3 is 11.1 Å². The lowest BCUT2D eigenvalue weighted by atomic mass is 10.0. The van der Waals surface area contributed by atoms with Crippen LogP contribution in [-0.2, 0) is 4.79 Å².